The molecule has 0 spiro atoms. The van der Waals surface area contributed by atoms with Gasteiger partial charge in [0.2, 0.25) is 5.91 Å². The highest BCUT2D eigenvalue weighted by molar-refractivity contribution is 7.09. The number of carbonyl (C=O) groups excluding carboxylic acids is 1. The van der Waals surface area contributed by atoms with Crippen LogP contribution in [0.2, 0.25) is 0 Å². The molecule has 0 radical (unpaired) electrons. The van der Waals surface area contributed by atoms with Crippen LogP contribution < -0.4 is 10.1 Å². The van der Waals surface area contributed by atoms with Crippen LogP contribution in [0.25, 0.3) is 5.69 Å². The van der Waals surface area contributed by atoms with Crippen molar-refractivity contribution in [2.75, 3.05) is 5.32 Å². The molecule has 6 nitrogen and oxygen atoms in total. The number of anilines is 1. The Morgan fingerprint density at radius 2 is 1.93 bits per heavy atom. The molecule has 30 heavy (non-hydrogen) atoms. The molecule has 4 rings (SSSR count). The third-order valence-electron chi connectivity index (χ3n) is 4.22. The minimum Gasteiger partial charge on any atom is -0.486 e. The first-order valence-electron chi connectivity index (χ1n) is 9.30. The van der Waals surface area contributed by atoms with E-state index in [2.05, 4.69) is 15.4 Å². The Balaban J connectivity index is 1.37. The fourth-order valence-electron chi connectivity index (χ4n) is 2.88. The Labute approximate surface area is 177 Å². The van der Waals surface area contributed by atoms with Crippen LogP contribution >= 0.6 is 11.3 Å². The summed E-state index contributed by atoms with van der Waals surface area (Å²) in [5.41, 5.74) is 2.34. The first kappa shape index (κ1) is 19.8. The summed E-state index contributed by atoms with van der Waals surface area (Å²) in [6.45, 7) is 2.14. The normalized spacial score (nSPS) is 10.7. The molecular weight excluding hydrogens is 403 g/mol. The number of aromatic nitrogens is 3. The highest BCUT2D eigenvalue weighted by Crippen LogP contribution is 2.19. The van der Waals surface area contributed by atoms with Crippen molar-refractivity contribution in [2.24, 2.45) is 0 Å². The van der Waals surface area contributed by atoms with E-state index in [0.717, 1.165) is 16.4 Å². The molecule has 0 aliphatic heterocycles. The molecule has 2 aromatic carbocycles. The van der Waals surface area contributed by atoms with Crippen molar-refractivity contribution in [3.05, 3.63) is 88.3 Å². The van der Waals surface area contributed by atoms with E-state index in [9.17, 15) is 9.18 Å². The number of ether oxygens (including phenoxy) is 1. The van der Waals surface area contributed by atoms with Gasteiger partial charge in [-0.15, -0.1) is 11.3 Å². The van der Waals surface area contributed by atoms with Crippen molar-refractivity contribution in [1.29, 1.82) is 0 Å². The first-order chi connectivity index (χ1) is 14.6. The van der Waals surface area contributed by atoms with Crippen LogP contribution in [0.1, 0.15) is 16.4 Å². The van der Waals surface area contributed by atoms with Crippen molar-refractivity contribution in [3.8, 4) is 11.4 Å². The van der Waals surface area contributed by atoms with Crippen LogP contribution in [0.3, 0.4) is 0 Å². The van der Waals surface area contributed by atoms with E-state index in [4.69, 9.17) is 4.74 Å². The monoisotopic (exact) mass is 422 g/mol. The molecule has 8 heteroatoms. The van der Waals surface area contributed by atoms with Gasteiger partial charge in [0, 0.05) is 11.4 Å². The van der Waals surface area contributed by atoms with Crippen LogP contribution in [-0.2, 0) is 17.8 Å². The Hall–Kier alpha value is -3.52. The summed E-state index contributed by atoms with van der Waals surface area (Å²) in [6.07, 6.45) is 0.145. The van der Waals surface area contributed by atoms with Gasteiger partial charge in [0.05, 0.1) is 23.5 Å². The number of rotatable bonds is 7. The third kappa shape index (κ3) is 4.90. The summed E-state index contributed by atoms with van der Waals surface area (Å²) in [5.74, 6) is 0.686. The van der Waals surface area contributed by atoms with Gasteiger partial charge in [0.1, 0.15) is 29.0 Å². The van der Waals surface area contributed by atoms with Crippen LogP contribution in [-0.4, -0.2) is 20.7 Å². The van der Waals surface area contributed by atoms with Gasteiger partial charge in [-0.2, -0.15) is 5.10 Å². The number of thiazole rings is 1. The van der Waals surface area contributed by atoms with Crippen molar-refractivity contribution in [3.63, 3.8) is 0 Å². The maximum atomic E-state index is 12.9. The summed E-state index contributed by atoms with van der Waals surface area (Å²) in [4.78, 5) is 17.0. The number of para-hydroxylation sites is 1. The molecule has 0 atom stereocenters. The zero-order valence-electron chi connectivity index (χ0n) is 16.2. The fraction of sp³-hybridized carbons (Fsp3) is 0.136. The largest absolute Gasteiger partial charge is 0.486 e. The van der Waals surface area contributed by atoms with Gasteiger partial charge in [-0.25, -0.2) is 14.1 Å². The number of halogens is 1. The van der Waals surface area contributed by atoms with Gasteiger partial charge in [-0.3, -0.25) is 4.79 Å². The quantitative estimate of drug-likeness (QED) is 0.475. The lowest BCUT2D eigenvalue weighted by atomic mass is 10.3. The number of hydrogen-bond acceptors (Lipinski definition) is 5. The SMILES string of the molecule is Cc1cc(NC(=O)Cc2csc(COc3ccc(F)cc3)n2)n(-c2ccccc2)n1. The van der Waals surface area contributed by atoms with Crippen molar-refractivity contribution >= 4 is 23.1 Å². The van der Waals surface area contributed by atoms with Crippen molar-refractivity contribution in [2.45, 2.75) is 20.0 Å². The second-order valence-electron chi connectivity index (χ2n) is 6.62. The van der Waals surface area contributed by atoms with E-state index < -0.39 is 0 Å². The lowest BCUT2D eigenvalue weighted by molar-refractivity contribution is -0.115. The number of nitrogens with zero attached hydrogens (tertiary/aromatic N) is 3. The average molecular weight is 422 g/mol. The second kappa shape index (κ2) is 8.87. The van der Waals surface area contributed by atoms with Crippen LogP contribution in [0.5, 0.6) is 5.75 Å². The van der Waals surface area contributed by atoms with Gasteiger partial charge in [-0.05, 0) is 43.3 Å². The summed E-state index contributed by atoms with van der Waals surface area (Å²) in [6, 6.07) is 17.3. The van der Waals surface area contributed by atoms with E-state index in [-0.39, 0.29) is 24.8 Å². The zero-order chi connectivity index (χ0) is 20.9. The van der Waals surface area contributed by atoms with Gasteiger partial charge in [0.25, 0.3) is 0 Å². The Kier molecular flexibility index (Phi) is 5.85. The summed E-state index contributed by atoms with van der Waals surface area (Å²) < 4.78 is 20.2. The molecule has 0 saturated carbocycles. The van der Waals surface area contributed by atoms with Crippen LogP contribution in [0, 0.1) is 12.7 Å². The average Bonchev–Trinajstić information content (AvgIpc) is 3.34. The van der Waals surface area contributed by atoms with Crippen molar-refractivity contribution in [1.82, 2.24) is 14.8 Å². The van der Waals surface area contributed by atoms with Gasteiger partial charge in [0.15, 0.2) is 0 Å². The number of hydrogen-bond donors (Lipinski definition) is 1. The Bertz CT molecular complexity index is 1140. The number of aryl methyl sites for hydroxylation is 1. The molecular formula is C22H19FN4O2S. The third-order valence-corrected chi connectivity index (χ3v) is 5.09. The summed E-state index contributed by atoms with van der Waals surface area (Å²) in [5, 5.41) is 9.94. The number of benzene rings is 2. The molecule has 1 amide bonds. The lowest BCUT2D eigenvalue weighted by Crippen LogP contribution is -2.17. The number of amides is 1. The molecule has 2 aromatic heterocycles. The van der Waals surface area contributed by atoms with Gasteiger partial charge in [-0.1, -0.05) is 18.2 Å². The van der Waals surface area contributed by atoms with Crippen LogP contribution in [0.4, 0.5) is 10.2 Å². The summed E-state index contributed by atoms with van der Waals surface area (Å²) in [7, 11) is 0. The van der Waals surface area contributed by atoms with E-state index in [1.807, 2.05) is 48.7 Å². The number of carbonyl (C=O) groups is 1. The van der Waals surface area contributed by atoms with E-state index >= 15 is 0 Å². The minimum atomic E-state index is -0.311. The molecule has 0 aliphatic rings. The van der Waals surface area contributed by atoms with E-state index in [1.165, 1.54) is 23.5 Å². The zero-order valence-corrected chi connectivity index (χ0v) is 17.0. The molecule has 1 N–H and O–H groups in total. The number of nitrogens with one attached hydrogen (secondary N) is 1. The predicted molar refractivity (Wildman–Crippen MR) is 113 cm³/mol. The molecule has 4 aromatic rings. The standard InChI is InChI=1S/C22H19FN4O2S/c1-15-11-20(27(26-15)18-5-3-2-4-6-18)25-21(28)12-17-14-30-22(24-17)13-29-19-9-7-16(23)8-10-19/h2-11,14H,12-13H2,1H3,(H,25,28). The van der Waals surface area contributed by atoms with E-state index in [0.29, 0.717) is 17.3 Å². The van der Waals surface area contributed by atoms with E-state index in [1.54, 1.807) is 16.8 Å². The second-order valence-corrected chi connectivity index (χ2v) is 7.56. The summed E-state index contributed by atoms with van der Waals surface area (Å²) >= 11 is 1.42. The minimum absolute atomic E-state index is 0.145. The maximum absolute atomic E-state index is 12.9. The van der Waals surface area contributed by atoms with Gasteiger partial charge >= 0.3 is 0 Å². The highest BCUT2D eigenvalue weighted by atomic mass is 32.1. The molecule has 0 bridgehead atoms. The maximum Gasteiger partial charge on any atom is 0.231 e. The lowest BCUT2D eigenvalue weighted by Gasteiger charge is -2.08. The van der Waals surface area contributed by atoms with Gasteiger partial charge < -0.3 is 10.1 Å². The van der Waals surface area contributed by atoms with Crippen LogP contribution in [0.15, 0.2) is 66.0 Å². The molecule has 0 unspecified atom stereocenters. The Morgan fingerprint density at radius 1 is 1.17 bits per heavy atom. The molecule has 152 valence electrons. The fourth-order valence-corrected chi connectivity index (χ4v) is 3.58. The highest BCUT2D eigenvalue weighted by Gasteiger charge is 2.13. The van der Waals surface area contributed by atoms with Crippen molar-refractivity contribution < 1.29 is 13.9 Å². The first-order valence-corrected chi connectivity index (χ1v) is 10.2. The topological polar surface area (TPSA) is 69.0 Å². The molecule has 2 heterocycles. The predicted octanol–water partition coefficient (Wildman–Crippen LogP) is 4.54. The molecule has 0 aliphatic carbocycles. The Morgan fingerprint density at radius 3 is 2.70 bits per heavy atom. The molecule has 0 fully saturated rings. The molecule has 0 saturated heterocycles. The smallest absolute Gasteiger partial charge is 0.231 e.